The predicted octanol–water partition coefficient (Wildman–Crippen LogP) is 3.65. The maximum absolute atomic E-state index is 12.1. The van der Waals surface area contributed by atoms with Crippen LogP contribution in [0.2, 0.25) is 0 Å². The van der Waals surface area contributed by atoms with E-state index in [2.05, 4.69) is 11.8 Å². The highest BCUT2D eigenvalue weighted by molar-refractivity contribution is 5.81. The first kappa shape index (κ1) is 13.6. The van der Waals surface area contributed by atoms with E-state index >= 15 is 0 Å². The summed E-state index contributed by atoms with van der Waals surface area (Å²) in [7, 11) is 0. The Balaban J connectivity index is 1.59. The van der Waals surface area contributed by atoms with Crippen molar-refractivity contribution in [2.75, 3.05) is 13.1 Å². The summed E-state index contributed by atoms with van der Waals surface area (Å²) in [6, 6.07) is 0.813. The molecule has 3 fully saturated rings. The van der Waals surface area contributed by atoms with Gasteiger partial charge in [0.05, 0.1) is 0 Å². The Morgan fingerprint density at radius 2 is 1.89 bits per heavy atom. The fourth-order valence-electron chi connectivity index (χ4n) is 4.74. The second-order valence-electron chi connectivity index (χ2n) is 7.29. The molecular formula is C17H29NO. The van der Waals surface area contributed by atoms with E-state index in [-0.39, 0.29) is 0 Å². The van der Waals surface area contributed by atoms with Crippen molar-refractivity contribution in [2.24, 2.45) is 17.8 Å². The van der Waals surface area contributed by atoms with Gasteiger partial charge in [0.15, 0.2) is 0 Å². The Morgan fingerprint density at radius 1 is 1.11 bits per heavy atom. The van der Waals surface area contributed by atoms with Crippen LogP contribution in [0.4, 0.5) is 0 Å². The van der Waals surface area contributed by atoms with Crippen LogP contribution in [0.3, 0.4) is 0 Å². The lowest BCUT2D eigenvalue weighted by Crippen LogP contribution is -2.41. The van der Waals surface area contributed by atoms with Crippen LogP contribution in [0.15, 0.2) is 0 Å². The molecule has 0 spiro atoms. The van der Waals surface area contributed by atoms with Crippen LogP contribution in [-0.4, -0.2) is 29.8 Å². The molecule has 0 aromatic carbocycles. The minimum absolute atomic E-state index is 0.353. The number of Topliss-reactive ketones (excluding diaryl/α,β-unsaturated/α-hetero) is 1. The van der Waals surface area contributed by atoms with Crippen molar-refractivity contribution in [3.63, 3.8) is 0 Å². The van der Waals surface area contributed by atoms with Crippen LogP contribution in [-0.2, 0) is 4.79 Å². The summed E-state index contributed by atoms with van der Waals surface area (Å²) in [5.74, 6) is 2.61. The van der Waals surface area contributed by atoms with Crippen molar-refractivity contribution < 1.29 is 4.79 Å². The fourth-order valence-corrected chi connectivity index (χ4v) is 4.74. The molecule has 19 heavy (non-hydrogen) atoms. The third kappa shape index (κ3) is 3.04. The lowest BCUT2D eigenvalue weighted by molar-refractivity contribution is -0.126. The quantitative estimate of drug-likeness (QED) is 0.774. The maximum Gasteiger partial charge on any atom is 0.137 e. The molecule has 1 saturated heterocycles. The zero-order valence-electron chi connectivity index (χ0n) is 12.4. The molecule has 2 nitrogen and oxygen atoms in total. The third-order valence-electron chi connectivity index (χ3n) is 5.84. The Bertz CT molecular complexity index is 321. The number of likely N-dealkylation sites (tertiary alicyclic amines) is 1. The molecule has 0 radical (unpaired) electrons. The van der Waals surface area contributed by atoms with Gasteiger partial charge in [0.1, 0.15) is 5.78 Å². The van der Waals surface area contributed by atoms with E-state index in [1.165, 1.54) is 45.1 Å². The van der Waals surface area contributed by atoms with Gasteiger partial charge in [-0.1, -0.05) is 19.8 Å². The normalized spacial score (nSPS) is 38.2. The van der Waals surface area contributed by atoms with E-state index in [1.54, 1.807) is 0 Å². The molecule has 0 aromatic heterocycles. The van der Waals surface area contributed by atoms with Gasteiger partial charge < -0.3 is 0 Å². The molecule has 2 saturated carbocycles. The number of carbonyl (C=O) groups excluding carboxylic acids is 1. The number of nitrogens with zero attached hydrogens (tertiary/aromatic N) is 1. The zero-order chi connectivity index (χ0) is 13.2. The van der Waals surface area contributed by atoms with E-state index < -0.39 is 0 Å². The summed E-state index contributed by atoms with van der Waals surface area (Å²) in [5.41, 5.74) is 0. The van der Waals surface area contributed by atoms with Crippen molar-refractivity contribution in [2.45, 2.75) is 70.8 Å². The van der Waals surface area contributed by atoms with Gasteiger partial charge in [0.2, 0.25) is 0 Å². The molecule has 3 atom stereocenters. The Labute approximate surface area is 117 Å². The lowest BCUT2D eigenvalue weighted by Gasteiger charge is -2.34. The number of carbonyl (C=O) groups is 1. The molecule has 0 bridgehead atoms. The van der Waals surface area contributed by atoms with E-state index in [4.69, 9.17) is 0 Å². The van der Waals surface area contributed by atoms with Crippen LogP contribution in [0.1, 0.15) is 64.7 Å². The predicted molar refractivity (Wildman–Crippen MR) is 78.1 cm³/mol. The first-order chi connectivity index (χ1) is 9.24. The second-order valence-corrected chi connectivity index (χ2v) is 7.29. The monoisotopic (exact) mass is 263 g/mol. The zero-order valence-corrected chi connectivity index (χ0v) is 12.4. The number of hydrogen-bond acceptors (Lipinski definition) is 2. The van der Waals surface area contributed by atoms with Gasteiger partial charge >= 0.3 is 0 Å². The molecule has 0 amide bonds. The summed E-state index contributed by atoms with van der Waals surface area (Å²) >= 11 is 0. The van der Waals surface area contributed by atoms with E-state index in [0.717, 1.165) is 43.7 Å². The highest BCUT2D eigenvalue weighted by atomic mass is 16.1. The summed E-state index contributed by atoms with van der Waals surface area (Å²) in [4.78, 5) is 14.8. The molecule has 1 heterocycles. The average Bonchev–Trinajstić information content (AvgIpc) is 3.03. The fraction of sp³-hybridized carbons (Fsp3) is 0.941. The third-order valence-corrected chi connectivity index (χ3v) is 5.84. The SMILES string of the molecule is CC1CCC(=O)C(CN2CCCC2C2CCCC2)C1. The van der Waals surface area contributed by atoms with Crippen molar-refractivity contribution in [1.29, 1.82) is 0 Å². The summed E-state index contributed by atoms with van der Waals surface area (Å²) < 4.78 is 0. The van der Waals surface area contributed by atoms with Crippen LogP contribution < -0.4 is 0 Å². The van der Waals surface area contributed by atoms with Gasteiger partial charge in [-0.05, 0) is 56.9 Å². The number of rotatable bonds is 3. The molecular weight excluding hydrogens is 234 g/mol. The number of ketones is 1. The molecule has 0 N–H and O–H groups in total. The van der Waals surface area contributed by atoms with Crippen molar-refractivity contribution in [3.05, 3.63) is 0 Å². The minimum Gasteiger partial charge on any atom is -0.299 e. The Hall–Kier alpha value is -0.370. The van der Waals surface area contributed by atoms with Gasteiger partial charge in [-0.25, -0.2) is 0 Å². The molecule has 2 heteroatoms. The van der Waals surface area contributed by atoms with Gasteiger partial charge in [-0.15, -0.1) is 0 Å². The highest BCUT2D eigenvalue weighted by Gasteiger charge is 2.36. The lowest BCUT2D eigenvalue weighted by atomic mass is 9.81. The van der Waals surface area contributed by atoms with Crippen molar-refractivity contribution in [1.82, 2.24) is 4.90 Å². The summed E-state index contributed by atoms with van der Waals surface area (Å²) in [6.45, 7) is 4.64. The van der Waals surface area contributed by atoms with Crippen molar-refractivity contribution >= 4 is 5.78 Å². The molecule has 3 aliphatic rings. The smallest absolute Gasteiger partial charge is 0.137 e. The van der Waals surface area contributed by atoms with Crippen molar-refractivity contribution in [3.8, 4) is 0 Å². The summed E-state index contributed by atoms with van der Waals surface area (Å²) in [6.07, 6.45) is 11.6. The van der Waals surface area contributed by atoms with Gasteiger partial charge in [0, 0.05) is 24.9 Å². The van der Waals surface area contributed by atoms with Gasteiger partial charge in [-0.2, -0.15) is 0 Å². The molecule has 2 aliphatic carbocycles. The first-order valence-corrected chi connectivity index (χ1v) is 8.51. The molecule has 1 aliphatic heterocycles. The largest absolute Gasteiger partial charge is 0.299 e. The van der Waals surface area contributed by atoms with E-state index in [0.29, 0.717) is 11.7 Å². The van der Waals surface area contributed by atoms with Crippen LogP contribution in [0.5, 0.6) is 0 Å². The Kier molecular flexibility index (Phi) is 4.26. The summed E-state index contributed by atoms with van der Waals surface area (Å²) in [5, 5.41) is 0. The van der Waals surface area contributed by atoms with Crippen LogP contribution in [0, 0.1) is 17.8 Å². The maximum atomic E-state index is 12.1. The number of hydrogen-bond donors (Lipinski definition) is 0. The van der Waals surface area contributed by atoms with Gasteiger partial charge in [-0.3, -0.25) is 9.69 Å². The second kappa shape index (κ2) is 5.95. The highest BCUT2D eigenvalue weighted by Crippen LogP contribution is 2.37. The minimum atomic E-state index is 0.353. The van der Waals surface area contributed by atoms with E-state index in [9.17, 15) is 4.79 Å². The molecule has 3 rings (SSSR count). The average molecular weight is 263 g/mol. The van der Waals surface area contributed by atoms with Gasteiger partial charge in [0.25, 0.3) is 0 Å². The topological polar surface area (TPSA) is 20.3 Å². The standard InChI is InChI=1S/C17H29NO/c1-13-8-9-17(19)15(11-13)12-18-10-4-7-16(18)14-5-2-3-6-14/h13-16H,2-12H2,1H3. The molecule has 108 valence electrons. The van der Waals surface area contributed by atoms with Crippen LogP contribution >= 0.6 is 0 Å². The van der Waals surface area contributed by atoms with E-state index in [1.807, 2.05) is 0 Å². The molecule has 0 aromatic rings. The van der Waals surface area contributed by atoms with Crippen LogP contribution in [0.25, 0.3) is 0 Å². The first-order valence-electron chi connectivity index (χ1n) is 8.51. The Morgan fingerprint density at radius 3 is 2.68 bits per heavy atom. The molecule has 3 unspecified atom stereocenters.